The van der Waals surface area contributed by atoms with Gasteiger partial charge in [-0.2, -0.15) is 0 Å². The van der Waals surface area contributed by atoms with E-state index in [1.807, 2.05) is 24.3 Å². The summed E-state index contributed by atoms with van der Waals surface area (Å²) >= 11 is 0. The van der Waals surface area contributed by atoms with Crippen molar-refractivity contribution in [3.63, 3.8) is 0 Å². The summed E-state index contributed by atoms with van der Waals surface area (Å²) in [5.41, 5.74) is 5.41. The lowest BCUT2D eigenvalue weighted by Crippen LogP contribution is -2.38. The van der Waals surface area contributed by atoms with Crippen molar-refractivity contribution in [2.45, 2.75) is 38.6 Å². The molecule has 1 amide bonds. The molecule has 6 nitrogen and oxygen atoms in total. The van der Waals surface area contributed by atoms with Crippen LogP contribution in [0.3, 0.4) is 0 Å². The van der Waals surface area contributed by atoms with E-state index >= 15 is 0 Å². The highest BCUT2D eigenvalue weighted by Gasteiger charge is 2.16. The minimum atomic E-state index is 0.00767. The van der Waals surface area contributed by atoms with Crippen molar-refractivity contribution in [3.8, 4) is 5.75 Å². The van der Waals surface area contributed by atoms with Crippen LogP contribution in [0.25, 0.3) is 0 Å². The Kier molecular flexibility index (Phi) is 7.33. The zero-order valence-electron chi connectivity index (χ0n) is 18.2. The number of nitrogens with zero attached hydrogens (tertiary/aromatic N) is 2. The molecule has 0 fully saturated rings. The number of aliphatic imine (C=N–C) groups is 1. The van der Waals surface area contributed by atoms with Crippen molar-refractivity contribution in [2.75, 3.05) is 27.7 Å². The molecule has 0 bridgehead atoms. The van der Waals surface area contributed by atoms with E-state index in [4.69, 9.17) is 0 Å². The average molecular weight is 409 g/mol. The Balaban J connectivity index is 1.55. The molecule has 2 aromatic carbocycles. The SMILES string of the molecule is CN=C(NCCc1cccc(C(=O)N(C)C)c1)NCc1c(O)ccc2c1CCCC2. The van der Waals surface area contributed by atoms with E-state index in [0.29, 0.717) is 30.4 Å². The minimum Gasteiger partial charge on any atom is -0.508 e. The number of benzene rings is 2. The molecule has 160 valence electrons. The van der Waals surface area contributed by atoms with E-state index in [-0.39, 0.29) is 5.91 Å². The van der Waals surface area contributed by atoms with Gasteiger partial charge in [-0.25, -0.2) is 0 Å². The van der Waals surface area contributed by atoms with Crippen molar-refractivity contribution in [1.29, 1.82) is 0 Å². The Bertz CT molecular complexity index is 921. The lowest BCUT2D eigenvalue weighted by molar-refractivity contribution is 0.0827. The number of aromatic hydroxyl groups is 1. The van der Waals surface area contributed by atoms with Gasteiger partial charge < -0.3 is 20.6 Å². The first-order chi connectivity index (χ1) is 14.5. The van der Waals surface area contributed by atoms with E-state index in [0.717, 1.165) is 30.4 Å². The molecule has 0 atom stereocenters. The molecule has 0 radical (unpaired) electrons. The molecule has 0 saturated carbocycles. The lowest BCUT2D eigenvalue weighted by atomic mass is 9.88. The summed E-state index contributed by atoms with van der Waals surface area (Å²) in [7, 11) is 5.26. The quantitative estimate of drug-likeness (QED) is 0.507. The van der Waals surface area contributed by atoms with Gasteiger partial charge in [-0.15, -0.1) is 0 Å². The maximum Gasteiger partial charge on any atom is 0.253 e. The predicted octanol–water partition coefficient (Wildman–Crippen LogP) is 2.88. The number of hydrogen-bond acceptors (Lipinski definition) is 3. The Labute approximate surface area is 179 Å². The number of phenolic OH excluding ortho intramolecular Hbond substituents is 1. The first kappa shape index (κ1) is 21.7. The number of guanidine groups is 1. The van der Waals surface area contributed by atoms with Gasteiger partial charge in [0.2, 0.25) is 0 Å². The second kappa shape index (κ2) is 10.1. The molecule has 0 saturated heterocycles. The van der Waals surface area contributed by atoms with E-state index in [1.165, 1.54) is 24.0 Å². The third-order valence-electron chi connectivity index (χ3n) is 5.57. The molecule has 2 aromatic rings. The van der Waals surface area contributed by atoms with Crippen LogP contribution in [0.4, 0.5) is 0 Å². The number of nitrogens with one attached hydrogen (secondary N) is 2. The number of amides is 1. The van der Waals surface area contributed by atoms with Crippen molar-refractivity contribution in [2.24, 2.45) is 4.99 Å². The normalized spacial score (nSPS) is 13.5. The fourth-order valence-corrected chi connectivity index (χ4v) is 3.93. The number of aryl methyl sites for hydroxylation is 1. The van der Waals surface area contributed by atoms with Crippen LogP contribution in [-0.4, -0.2) is 49.6 Å². The Morgan fingerprint density at radius 3 is 2.70 bits per heavy atom. The highest BCUT2D eigenvalue weighted by Crippen LogP contribution is 2.30. The van der Waals surface area contributed by atoms with Crippen molar-refractivity contribution < 1.29 is 9.90 Å². The summed E-state index contributed by atoms with van der Waals surface area (Å²) < 4.78 is 0. The molecule has 1 aliphatic carbocycles. The molecule has 3 rings (SSSR count). The van der Waals surface area contributed by atoms with Gasteiger partial charge in [0.15, 0.2) is 5.96 Å². The second-order valence-electron chi connectivity index (χ2n) is 7.91. The monoisotopic (exact) mass is 408 g/mol. The van der Waals surface area contributed by atoms with E-state index in [2.05, 4.69) is 21.7 Å². The van der Waals surface area contributed by atoms with Crippen LogP contribution in [0.1, 0.15) is 45.5 Å². The van der Waals surface area contributed by atoms with Gasteiger partial charge in [-0.1, -0.05) is 18.2 Å². The highest BCUT2D eigenvalue weighted by molar-refractivity contribution is 5.94. The van der Waals surface area contributed by atoms with Gasteiger partial charge in [-0.05, 0) is 67.0 Å². The standard InChI is InChI=1S/C24H32N4O2/c1-25-24(26-14-13-17-7-6-9-19(15-17)23(30)28(2)3)27-16-21-20-10-5-4-8-18(20)11-12-22(21)29/h6-7,9,11-12,15,29H,4-5,8,10,13-14,16H2,1-3H3,(H2,25,26,27). The van der Waals surface area contributed by atoms with Crippen LogP contribution in [0.2, 0.25) is 0 Å². The second-order valence-corrected chi connectivity index (χ2v) is 7.91. The predicted molar refractivity (Wildman–Crippen MR) is 121 cm³/mol. The van der Waals surface area contributed by atoms with Crippen molar-refractivity contribution >= 4 is 11.9 Å². The van der Waals surface area contributed by atoms with Gasteiger partial charge in [0.25, 0.3) is 5.91 Å². The van der Waals surface area contributed by atoms with E-state index in [1.54, 1.807) is 32.1 Å². The smallest absolute Gasteiger partial charge is 0.253 e. The van der Waals surface area contributed by atoms with Gasteiger partial charge in [-0.3, -0.25) is 9.79 Å². The van der Waals surface area contributed by atoms with Crippen LogP contribution in [0, 0.1) is 0 Å². The third-order valence-corrected chi connectivity index (χ3v) is 5.57. The van der Waals surface area contributed by atoms with Gasteiger partial charge >= 0.3 is 0 Å². The fraction of sp³-hybridized carbons (Fsp3) is 0.417. The molecule has 3 N–H and O–H groups in total. The van der Waals surface area contributed by atoms with Gasteiger partial charge in [0.05, 0.1) is 0 Å². The van der Waals surface area contributed by atoms with Crippen molar-refractivity contribution in [1.82, 2.24) is 15.5 Å². The first-order valence-electron chi connectivity index (χ1n) is 10.6. The summed E-state index contributed by atoms with van der Waals surface area (Å²) in [5.74, 6) is 1.05. The lowest BCUT2D eigenvalue weighted by Gasteiger charge is -2.21. The fourth-order valence-electron chi connectivity index (χ4n) is 3.93. The largest absolute Gasteiger partial charge is 0.508 e. The van der Waals surface area contributed by atoms with Crippen molar-refractivity contribution in [3.05, 3.63) is 64.2 Å². The van der Waals surface area contributed by atoms with Crippen LogP contribution in [0.15, 0.2) is 41.4 Å². The average Bonchev–Trinajstić information content (AvgIpc) is 2.76. The molecule has 0 aromatic heterocycles. The zero-order chi connectivity index (χ0) is 21.5. The number of phenols is 1. The summed E-state index contributed by atoms with van der Waals surface area (Å²) in [5, 5.41) is 17.0. The highest BCUT2D eigenvalue weighted by atomic mass is 16.3. The number of rotatable bonds is 6. The molecule has 30 heavy (non-hydrogen) atoms. The van der Waals surface area contributed by atoms with Crippen LogP contribution < -0.4 is 10.6 Å². The maximum absolute atomic E-state index is 12.1. The van der Waals surface area contributed by atoms with Crippen LogP contribution in [0.5, 0.6) is 5.75 Å². The Hall–Kier alpha value is -3.02. The topological polar surface area (TPSA) is 77.0 Å². The van der Waals surface area contributed by atoms with E-state index < -0.39 is 0 Å². The molecule has 0 unspecified atom stereocenters. The number of hydrogen-bond donors (Lipinski definition) is 3. The molecule has 0 aliphatic heterocycles. The number of carbonyl (C=O) groups is 1. The van der Waals surface area contributed by atoms with Crippen LogP contribution in [-0.2, 0) is 25.8 Å². The summed E-state index contributed by atoms with van der Waals surface area (Å²) in [6.45, 7) is 1.24. The third kappa shape index (κ3) is 5.32. The number of fused-ring (bicyclic) bond motifs is 1. The zero-order valence-corrected chi connectivity index (χ0v) is 18.2. The maximum atomic E-state index is 12.1. The van der Waals surface area contributed by atoms with Crippen LogP contribution >= 0.6 is 0 Å². The molecule has 1 aliphatic rings. The first-order valence-corrected chi connectivity index (χ1v) is 10.6. The molecular formula is C24H32N4O2. The molecular weight excluding hydrogens is 376 g/mol. The molecule has 0 spiro atoms. The van der Waals surface area contributed by atoms with Gasteiger partial charge in [0, 0.05) is 45.4 Å². The van der Waals surface area contributed by atoms with E-state index in [9.17, 15) is 9.90 Å². The molecule has 6 heteroatoms. The van der Waals surface area contributed by atoms with Gasteiger partial charge in [0.1, 0.15) is 5.75 Å². The summed E-state index contributed by atoms with van der Waals surface area (Å²) in [4.78, 5) is 18.0. The Morgan fingerprint density at radius 2 is 1.93 bits per heavy atom. The summed E-state index contributed by atoms with van der Waals surface area (Å²) in [6.07, 6.45) is 5.28. The molecule has 0 heterocycles. The number of carbonyl (C=O) groups excluding carboxylic acids is 1. The summed E-state index contributed by atoms with van der Waals surface area (Å²) in [6, 6.07) is 11.6. The minimum absolute atomic E-state index is 0.00767. The Morgan fingerprint density at radius 1 is 1.13 bits per heavy atom.